The summed E-state index contributed by atoms with van der Waals surface area (Å²) in [6, 6.07) is 6.73. The maximum atomic E-state index is 13.2. The van der Waals surface area contributed by atoms with E-state index < -0.39 is 29.7 Å². The molecule has 38 heavy (non-hydrogen) atoms. The van der Waals surface area contributed by atoms with Crippen LogP contribution in [0, 0.1) is 11.3 Å². The second-order valence-corrected chi connectivity index (χ2v) is 8.07. The first-order valence-electron chi connectivity index (χ1n) is 11.4. The van der Waals surface area contributed by atoms with E-state index in [1.54, 1.807) is 19.1 Å². The summed E-state index contributed by atoms with van der Waals surface area (Å²) in [7, 11) is 4.61. The highest BCUT2D eigenvalue weighted by molar-refractivity contribution is 5.75. The van der Waals surface area contributed by atoms with Crippen LogP contribution in [0.5, 0.6) is 5.75 Å². The molecule has 1 aromatic carbocycles. The van der Waals surface area contributed by atoms with Gasteiger partial charge in [-0.2, -0.15) is 18.4 Å². The van der Waals surface area contributed by atoms with Crippen molar-refractivity contribution in [3.63, 3.8) is 0 Å². The Morgan fingerprint density at radius 3 is 2.55 bits per heavy atom. The van der Waals surface area contributed by atoms with Gasteiger partial charge in [0, 0.05) is 23.9 Å². The van der Waals surface area contributed by atoms with E-state index in [1.165, 1.54) is 20.3 Å². The largest absolute Gasteiger partial charge is 0.496 e. The number of likely N-dealkylation sites (N-methyl/N-ethyl adjacent to an activating group) is 1. The van der Waals surface area contributed by atoms with Gasteiger partial charge >= 0.3 is 12.1 Å². The lowest BCUT2D eigenvalue weighted by Gasteiger charge is -2.27. The molecule has 0 amide bonds. The van der Waals surface area contributed by atoms with Crippen molar-refractivity contribution >= 4 is 18.1 Å². The SMILES string of the molecule is CNCC1COC(C(=O)OC)CO1.COc1ccc(C#N)cc1[C@H](C)Nc1ncc(C=O)cc1C(F)(F)F. The average Bonchev–Trinajstić information content (AvgIpc) is 2.92. The summed E-state index contributed by atoms with van der Waals surface area (Å²) in [5.74, 6) is -0.352. The number of methoxy groups -OCH3 is 2. The number of nitriles is 1. The van der Waals surface area contributed by atoms with Gasteiger partial charge in [-0.1, -0.05) is 0 Å². The molecule has 3 rings (SSSR count). The standard InChI is InChI=1S/C17H14F3N3O2.C8H15NO4/c1-10(13-5-11(7-21)3-4-15(13)25-2)23-16-14(17(18,19)20)6-12(9-24)8-22-16;1-9-3-6-4-13-7(5-12-6)8(10)11-2/h3-6,8-10H,1-2H3,(H,22,23);6-7,9H,3-5H2,1-2H3/t10-;/m0./s1. The molecule has 2 aromatic rings. The van der Waals surface area contributed by atoms with Crippen molar-refractivity contribution < 1.29 is 41.7 Å². The monoisotopic (exact) mass is 538 g/mol. The fourth-order valence-electron chi connectivity index (χ4n) is 3.46. The molecular weight excluding hydrogens is 509 g/mol. The fourth-order valence-corrected chi connectivity index (χ4v) is 3.46. The zero-order valence-corrected chi connectivity index (χ0v) is 21.3. The summed E-state index contributed by atoms with van der Waals surface area (Å²) in [5, 5.41) is 14.6. The number of hydrogen-bond donors (Lipinski definition) is 2. The Balaban J connectivity index is 0.000000328. The van der Waals surface area contributed by atoms with Crippen LogP contribution in [0.15, 0.2) is 30.5 Å². The maximum Gasteiger partial charge on any atom is 0.419 e. The van der Waals surface area contributed by atoms with Crippen molar-refractivity contribution in [1.82, 2.24) is 10.3 Å². The van der Waals surface area contributed by atoms with Crippen molar-refractivity contribution in [1.29, 1.82) is 5.26 Å². The lowest BCUT2D eigenvalue weighted by molar-refractivity contribution is -0.177. The van der Waals surface area contributed by atoms with E-state index in [1.807, 2.05) is 13.1 Å². The molecule has 2 N–H and O–H groups in total. The number of carbonyl (C=O) groups excluding carboxylic acids is 2. The molecule has 0 spiro atoms. The van der Waals surface area contributed by atoms with Crippen molar-refractivity contribution in [3.05, 3.63) is 52.7 Å². The Hall–Kier alpha value is -3.73. The first kappa shape index (κ1) is 30.5. The number of esters is 1. The minimum atomic E-state index is -4.67. The summed E-state index contributed by atoms with van der Waals surface area (Å²) >= 11 is 0. The first-order chi connectivity index (χ1) is 18.1. The molecule has 0 radical (unpaired) electrons. The van der Waals surface area contributed by atoms with Gasteiger partial charge in [-0.25, -0.2) is 9.78 Å². The van der Waals surface area contributed by atoms with Crippen molar-refractivity contribution in [2.45, 2.75) is 31.3 Å². The second-order valence-electron chi connectivity index (χ2n) is 8.07. The summed E-state index contributed by atoms with van der Waals surface area (Å²) in [5.41, 5.74) is -0.352. The number of anilines is 1. The lowest BCUT2D eigenvalue weighted by atomic mass is 10.0. The van der Waals surface area contributed by atoms with E-state index in [4.69, 9.17) is 19.5 Å². The minimum Gasteiger partial charge on any atom is -0.496 e. The lowest BCUT2D eigenvalue weighted by Crippen LogP contribution is -2.44. The van der Waals surface area contributed by atoms with E-state index in [0.29, 0.717) is 29.8 Å². The van der Waals surface area contributed by atoms with Crippen molar-refractivity contribution in [2.24, 2.45) is 0 Å². The Morgan fingerprint density at radius 2 is 2.03 bits per heavy atom. The third kappa shape index (κ3) is 8.41. The number of nitrogens with one attached hydrogen (secondary N) is 2. The number of aromatic nitrogens is 1. The van der Waals surface area contributed by atoms with Crippen LogP contribution in [0.2, 0.25) is 0 Å². The number of aldehydes is 1. The van der Waals surface area contributed by atoms with Crippen LogP contribution in [0.25, 0.3) is 0 Å². The molecular formula is C25H29F3N4O6. The van der Waals surface area contributed by atoms with Gasteiger partial charge in [0.05, 0.1) is 56.8 Å². The van der Waals surface area contributed by atoms with Gasteiger partial charge in [-0.3, -0.25) is 4.79 Å². The van der Waals surface area contributed by atoms with Gasteiger partial charge in [-0.05, 0) is 38.2 Å². The number of nitrogens with zero attached hydrogens (tertiary/aromatic N) is 2. The first-order valence-corrected chi connectivity index (χ1v) is 11.4. The number of benzene rings is 1. The zero-order valence-electron chi connectivity index (χ0n) is 21.3. The third-order valence-electron chi connectivity index (χ3n) is 5.39. The molecule has 1 aliphatic heterocycles. The number of halogens is 3. The van der Waals surface area contributed by atoms with Crippen LogP contribution in [0.1, 0.15) is 40.0 Å². The molecule has 3 atom stereocenters. The van der Waals surface area contributed by atoms with E-state index in [9.17, 15) is 22.8 Å². The molecule has 1 fully saturated rings. The summed E-state index contributed by atoms with van der Waals surface area (Å²) in [6.07, 6.45) is -3.84. The summed E-state index contributed by atoms with van der Waals surface area (Å²) in [6.45, 7) is 3.06. The van der Waals surface area contributed by atoms with Gasteiger partial charge in [0.25, 0.3) is 0 Å². The topological polar surface area (TPSA) is 132 Å². The summed E-state index contributed by atoms with van der Waals surface area (Å²) < 4.78 is 60.0. The Kier molecular flexibility index (Phi) is 11.5. The second kappa shape index (κ2) is 14.3. The average molecular weight is 539 g/mol. The highest BCUT2D eigenvalue weighted by Crippen LogP contribution is 2.36. The van der Waals surface area contributed by atoms with Crippen LogP contribution < -0.4 is 15.4 Å². The molecule has 2 heterocycles. The van der Waals surface area contributed by atoms with Crippen LogP contribution in [-0.2, 0) is 25.2 Å². The molecule has 2 unspecified atom stereocenters. The van der Waals surface area contributed by atoms with Crippen LogP contribution in [0.3, 0.4) is 0 Å². The van der Waals surface area contributed by atoms with Crippen molar-refractivity contribution in [3.8, 4) is 11.8 Å². The minimum absolute atomic E-state index is 0.0332. The highest BCUT2D eigenvalue weighted by atomic mass is 19.4. The normalized spacial score (nSPS) is 17.7. The molecule has 206 valence electrons. The van der Waals surface area contributed by atoms with Crippen molar-refractivity contribution in [2.75, 3.05) is 46.3 Å². The van der Waals surface area contributed by atoms with E-state index >= 15 is 0 Å². The number of alkyl halides is 3. The van der Waals surface area contributed by atoms with Crippen LogP contribution in [-0.4, -0.2) is 70.5 Å². The van der Waals surface area contributed by atoms with Crippen LogP contribution >= 0.6 is 0 Å². The number of hydrogen-bond acceptors (Lipinski definition) is 10. The maximum absolute atomic E-state index is 13.2. The highest BCUT2D eigenvalue weighted by Gasteiger charge is 2.35. The third-order valence-corrected chi connectivity index (χ3v) is 5.39. The molecule has 0 aliphatic carbocycles. The number of ether oxygens (including phenoxy) is 4. The quantitative estimate of drug-likeness (QED) is 0.382. The molecule has 0 bridgehead atoms. The number of pyridine rings is 1. The van der Waals surface area contributed by atoms with E-state index in [0.717, 1.165) is 18.8 Å². The zero-order chi connectivity index (χ0) is 28.3. The predicted molar refractivity (Wildman–Crippen MR) is 130 cm³/mol. The van der Waals surface area contributed by atoms with Gasteiger partial charge in [0.15, 0.2) is 12.4 Å². The van der Waals surface area contributed by atoms with Gasteiger partial charge in [-0.15, -0.1) is 0 Å². The smallest absolute Gasteiger partial charge is 0.419 e. The predicted octanol–water partition coefficient (Wildman–Crippen LogP) is 3.13. The Bertz CT molecular complexity index is 1130. The number of carbonyl (C=O) groups is 2. The summed E-state index contributed by atoms with van der Waals surface area (Å²) in [4.78, 5) is 25.4. The molecule has 1 aromatic heterocycles. The fraction of sp³-hybridized carbons (Fsp3) is 0.440. The molecule has 0 saturated carbocycles. The molecule has 1 aliphatic rings. The van der Waals surface area contributed by atoms with Crippen LogP contribution in [0.4, 0.5) is 19.0 Å². The van der Waals surface area contributed by atoms with E-state index in [2.05, 4.69) is 20.4 Å². The Morgan fingerprint density at radius 1 is 1.29 bits per heavy atom. The van der Waals surface area contributed by atoms with Gasteiger partial charge in [0.2, 0.25) is 0 Å². The molecule has 13 heteroatoms. The number of rotatable bonds is 8. The molecule has 1 saturated heterocycles. The van der Waals surface area contributed by atoms with Gasteiger partial charge in [0.1, 0.15) is 11.6 Å². The Labute approximate surface area is 218 Å². The van der Waals surface area contributed by atoms with Gasteiger partial charge < -0.3 is 29.6 Å². The molecule has 10 nitrogen and oxygen atoms in total. The van der Waals surface area contributed by atoms with E-state index in [-0.39, 0.29) is 24.2 Å².